The number of terminal acetylenes is 1. The van der Waals surface area contributed by atoms with Crippen LogP contribution >= 0.6 is 0 Å². The Morgan fingerprint density at radius 1 is 1.40 bits per heavy atom. The fourth-order valence-electron chi connectivity index (χ4n) is 0.148. The zero-order chi connectivity index (χ0) is 8.41. The second kappa shape index (κ2) is 2.48. The molecule has 10 heavy (non-hydrogen) atoms. The van der Waals surface area contributed by atoms with Crippen molar-refractivity contribution in [2.75, 3.05) is 0 Å². The molecule has 0 fully saturated rings. The molecular weight excluding hydrogens is 173 g/mol. The van der Waals surface area contributed by atoms with Gasteiger partial charge in [-0.2, -0.15) is 12.6 Å². The number of hydrogen-bond acceptors (Lipinski definition) is 3. The topological polar surface area (TPSA) is 43.4 Å². The molecule has 0 N–H and O–H groups in total. The summed E-state index contributed by atoms with van der Waals surface area (Å²) in [7, 11) is -4.87. The van der Waals surface area contributed by atoms with Crippen LogP contribution in [0.1, 0.15) is 0 Å². The van der Waals surface area contributed by atoms with Gasteiger partial charge in [0.1, 0.15) is 0 Å². The monoisotopic (exact) mass is 174 g/mol. The van der Waals surface area contributed by atoms with Crippen molar-refractivity contribution in [1.82, 2.24) is 0 Å². The van der Waals surface area contributed by atoms with Crippen LogP contribution in [-0.2, 0) is 14.3 Å². The van der Waals surface area contributed by atoms with E-state index in [0.29, 0.717) is 0 Å². The summed E-state index contributed by atoms with van der Waals surface area (Å²) in [6.45, 7) is 0. The van der Waals surface area contributed by atoms with Gasteiger partial charge in [0.15, 0.2) is 0 Å². The van der Waals surface area contributed by atoms with Gasteiger partial charge in [0.2, 0.25) is 0 Å². The Balaban J connectivity index is 4.37. The van der Waals surface area contributed by atoms with Crippen molar-refractivity contribution >= 4 is 10.1 Å². The minimum atomic E-state index is -5.24. The van der Waals surface area contributed by atoms with Crippen LogP contribution in [0.2, 0.25) is 0 Å². The lowest BCUT2D eigenvalue weighted by molar-refractivity contribution is -0.271. The molecule has 0 unspecified atom stereocenters. The summed E-state index contributed by atoms with van der Waals surface area (Å²) < 4.78 is 55.3. The molecule has 0 bridgehead atoms. The lowest BCUT2D eigenvalue weighted by atomic mass is 11.4. The Bertz CT molecular complexity index is 243. The quantitative estimate of drug-likeness (QED) is 0.428. The number of alkyl halides is 3. The summed E-state index contributed by atoms with van der Waals surface area (Å²) in [5.41, 5.74) is 0. The maximum atomic E-state index is 11.0. The van der Waals surface area contributed by atoms with Gasteiger partial charge in [-0.05, 0) is 0 Å². The molecule has 0 spiro atoms. The van der Waals surface area contributed by atoms with Crippen molar-refractivity contribution in [3.63, 3.8) is 0 Å². The van der Waals surface area contributed by atoms with Crippen LogP contribution in [0.5, 0.6) is 0 Å². The lowest BCUT2D eigenvalue weighted by Gasteiger charge is -2.01. The van der Waals surface area contributed by atoms with Gasteiger partial charge in [0, 0.05) is 0 Å². The van der Waals surface area contributed by atoms with Gasteiger partial charge in [-0.1, -0.05) is 0 Å². The summed E-state index contributed by atoms with van der Waals surface area (Å²) in [6, 6.07) is 0. The van der Waals surface area contributed by atoms with Crippen molar-refractivity contribution < 1.29 is 25.8 Å². The highest BCUT2D eigenvalue weighted by Crippen LogP contribution is 2.18. The molecule has 0 aliphatic rings. The first-order chi connectivity index (χ1) is 4.27. The van der Waals surface area contributed by atoms with E-state index < -0.39 is 16.5 Å². The summed E-state index contributed by atoms with van der Waals surface area (Å²) in [5.74, 6) is 0. The zero-order valence-electron chi connectivity index (χ0n) is 4.34. The normalized spacial score (nSPS) is 12.6. The largest absolute Gasteiger partial charge is 0.537 e. The van der Waals surface area contributed by atoms with E-state index in [9.17, 15) is 21.6 Å². The molecule has 0 aliphatic heterocycles. The smallest absolute Gasteiger partial charge is 0.185 e. The van der Waals surface area contributed by atoms with Crippen LogP contribution in [0.15, 0.2) is 0 Å². The van der Waals surface area contributed by atoms with E-state index in [2.05, 4.69) is 10.6 Å². The molecule has 0 radical (unpaired) electrons. The molecule has 0 atom stereocenters. The van der Waals surface area contributed by atoms with Gasteiger partial charge < -0.3 is 0 Å². The fraction of sp³-hybridized carbons (Fsp3) is 0.333. The van der Waals surface area contributed by atoms with E-state index in [4.69, 9.17) is 0 Å². The van der Waals surface area contributed by atoms with Crippen molar-refractivity contribution in [2.24, 2.45) is 0 Å². The minimum Gasteiger partial charge on any atom is -0.185 e. The molecule has 0 saturated heterocycles. The van der Waals surface area contributed by atoms with E-state index in [1.54, 1.807) is 0 Å². The molecule has 3 nitrogen and oxygen atoms in total. The first-order valence-corrected chi connectivity index (χ1v) is 3.17. The molecule has 0 amide bonds. The summed E-state index contributed by atoms with van der Waals surface area (Å²) in [6.07, 6.45) is -1.09. The maximum absolute atomic E-state index is 11.0. The van der Waals surface area contributed by atoms with Crippen molar-refractivity contribution in [3.8, 4) is 11.7 Å². The molecule has 0 aromatic heterocycles. The fourth-order valence-corrected chi connectivity index (χ4v) is 0.445. The average molecular weight is 174 g/mol. The first kappa shape index (κ1) is 9.26. The van der Waals surface area contributed by atoms with Gasteiger partial charge in [-0.25, -0.2) is 0 Å². The van der Waals surface area contributed by atoms with Crippen LogP contribution in [-0.4, -0.2) is 14.8 Å². The van der Waals surface area contributed by atoms with Gasteiger partial charge >= 0.3 is 16.5 Å². The van der Waals surface area contributed by atoms with Gasteiger partial charge in [0.05, 0.1) is 5.25 Å². The molecule has 0 rings (SSSR count). The standard InChI is InChI=1S/C3HF3O3S/c1-2-10(7,8)9-3(4,5)6/h1H. The third kappa shape index (κ3) is 4.17. The Labute approximate surface area is 54.9 Å². The second-order valence-electron chi connectivity index (χ2n) is 1.10. The highest BCUT2D eigenvalue weighted by Gasteiger charge is 2.35. The predicted molar refractivity (Wildman–Crippen MR) is 24.9 cm³/mol. The first-order valence-electron chi connectivity index (χ1n) is 1.76. The highest BCUT2D eigenvalue weighted by atomic mass is 32.2. The van der Waals surface area contributed by atoms with Crippen molar-refractivity contribution in [1.29, 1.82) is 0 Å². The van der Waals surface area contributed by atoms with E-state index in [0.717, 1.165) is 5.25 Å². The Hall–Kier alpha value is -0.740. The second-order valence-corrected chi connectivity index (χ2v) is 2.41. The van der Waals surface area contributed by atoms with Crippen LogP contribution < -0.4 is 0 Å². The highest BCUT2D eigenvalue weighted by molar-refractivity contribution is 7.91. The molecule has 0 saturated carbocycles. The molecule has 58 valence electrons. The van der Waals surface area contributed by atoms with Crippen LogP contribution in [0.4, 0.5) is 13.2 Å². The van der Waals surface area contributed by atoms with Crippen LogP contribution in [0.3, 0.4) is 0 Å². The van der Waals surface area contributed by atoms with Gasteiger partial charge in [0.25, 0.3) is 0 Å². The Kier molecular flexibility index (Phi) is 2.29. The average Bonchev–Trinajstić information content (AvgIpc) is 1.60. The maximum Gasteiger partial charge on any atom is 0.537 e. The minimum absolute atomic E-state index is 0.828. The number of hydrogen-bond donors (Lipinski definition) is 0. The third-order valence-corrected chi connectivity index (χ3v) is 1.05. The van der Waals surface area contributed by atoms with E-state index in [1.807, 2.05) is 0 Å². The summed E-state index contributed by atoms with van der Waals surface area (Å²) >= 11 is 0. The van der Waals surface area contributed by atoms with Gasteiger partial charge in [-0.15, -0.1) is 19.6 Å². The van der Waals surface area contributed by atoms with Crippen LogP contribution in [0, 0.1) is 11.7 Å². The van der Waals surface area contributed by atoms with E-state index in [1.165, 1.54) is 0 Å². The van der Waals surface area contributed by atoms with E-state index >= 15 is 0 Å². The molecular formula is C3HF3O3S. The Morgan fingerprint density at radius 3 is 1.90 bits per heavy atom. The molecule has 7 heteroatoms. The predicted octanol–water partition coefficient (Wildman–Crippen LogP) is 0.443. The van der Waals surface area contributed by atoms with Crippen LogP contribution in [0.25, 0.3) is 0 Å². The summed E-state index contributed by atoms with van der Waals surface area (Å²) in [4.78, 5) is 0. The lowest BCUT2D eigenvalue weighted by Crippen LogP contribution is -2.17. The van der Waals surface area contributed by atoms with E-state index in [-0.39, 0.29) is 0 Å². The molecule has 0 heterocycles. The molecule has 0 aromatic carbocycles. The molecule has 0 aliphatic carbocycles. The van der Waals surface area contributed by atoms with Crippen molar-refractivity contribution in [2.45, 2.75) is 6.36 Å². The van der Waals surface area contributed by atoms with Crippen molar-refractivity contribution in [3.05, 3.63) is 0 Å². The Morgan fingerprint density at radius 2 is 1.80 bits per heavy atom. The van der Waals surface area contributed by atoms with Gasteiger partial charge in [-0.3, -0.25) is 0 Å². The SMILES string of the molecule is C#CS(=O)(=O)OC(F)(F)F. The number of rotatable bonds is 1. The zero-order valence-corrected chi connectivity index (χ0v) is 5.16. The number of halogens is 3. The summed E-state index contributed by atoms with van der Waals surface area (Å²) in [5, 5.41) is 0.828. The third-order valence-electron chi connectivity index (χ3n) is 0.349. The molecule has 0 aromatic rings.